The van der Waals surface area contributed by atoms with E-state index in [1.54, 1.807) is 12.1 Å². The minimum Gasteiger partial charge on any atom is -0.280 e. The first kappa shape index (κ1) is 19.6. The second kappa shape index (κ2) is 7.12. The number of nitrogens with zero attached hydrogens (tertiary/aromatic N) is 2. The standard InChI is InChI=1S/C18H14F3N3O3S/c1-24-17(25)11-10-15(22-24)12-6-8-13(9-7-12)23-28(26,27)16-5-3-2-4-14(16)18(19,20)21/h2-11,23H,1H3. The first-order valence-corrected chi connectivity index (χ1v) is 9.40. The van der Waals surface area contributed by atoms with Gasteiger partial charge in [-0.15, -0.1) is 0 Å². The molecule has 3 rings (SSSR count). The van der Waals surface area contributed by atoms with Crippen molar-refractivity contribution in [3.05, 3.63) is 76.6 Å². The van der Waals surface area contributed by atoms with Crippen LogP contribution in [0.25, 0.3) is 11.3 Å². The third kappa shape index (κ3) is 4.06. The van der Waals surface area contributed by atoms with E-state index < -0.39 is 26.7 Å². The molecule has 0 atom stereocenters. The molecule has 0 spiro atoms. The third-order valence-electron chi connectivity index (χ3n) is 3.88. The highest BCUT2D eigenvalue weighted by atomic mass is 32.2. The minimum absolute atomic E-state index is 0.0885. The van der Waals surface area contributed by atoms with Crippen LogP contribution in [0.4, 0.5) is 18.9 Å². The second-order valence-electron chi connectivity index (χ2n) is 5.86. The number of aryl methyl sites for hydroxylation is 1. The predicted octanol–water partition coefficient (Wildman–Crippen LogP) is 3.27. The van der Waals surface area contributed by atoms with Gasteiger partial charge in [-0.3, -0.25) is 9.52 Å². The Kier molecular flexibility index (Phi) is 4.99. The summed E-state index contributed by atoms with van der Waals surface area (Å²) < 4.78 is 67.5. The molecule has 0 fully saturated rings. The molecule has 10 heteroatoms. The third-order valence-corrected chi connectivity index (χ3v) is 5.31. The van der Waals surface area contributed by atoms with Gasteiger partial charge in [0.05, 0.1) is 16.2 Å². The van der Waals surface area contributed by atoms with Crippen molar-refractivity contribution in [2.75, 3.05) is 4.72 Å². The van der Waals surface area contributed by atoms with E-state index in [0.717, 1.165) is 16.8 Å². The Morgan fingerprint density at radius 3 is 2.21 bits per heavy atom. The molecule has 3 aromatic rings. The Balaban J connectivity index is 1.90. The van der Waals surface area contributed by atoms with Crippen molar-refractivity contribution in [1.82, 2.24) is 9.78 Å². The molecule has 1 aromatic heterocycles. The van der Waals surface area contributed by atoms with Crippen LogP contribution in [-0.4, -0.2) is 18.2 Å². The van der Waals surface area contributed by atoms with Crippen LogP contribution in [0.5, 0.6) is 0 Å². The lowest BCUT2D eigenvalue weighted by molar-refractivity contribution is -0.139. The van der Waals surface area contributed by atoms with Gasteiger partial charge in [-0.1, -0.05) is 24.3 Å². The fourth-order valence-electron chi connectivity index (χ4n) is 2.51. The molecule has 0 saturated heterocycles. The van der Waals surface area contributed by atoms with E-state index in [-0.39, 0.29) is 11.2 Å². The lowest BCUT2D eigenvalue weighted by Gasteiger charge is -2.14. The van der Waals surface area contributed by atoms with Gasteiger partial charge in [0.15, 0.2) is 0 Å². The smallest absolute Gasteiger partial charge is 0.280 e. The summed E-state index contributed by atoms with van der Waals surface area (Å²) in [6, 6.07) is 12.7. The van der Waals surface area contributed by atoms with Crippen molar-refractivity contribution in [3.8, 4) is 11.3 Å². The van der Waals surface area contributed by atoms with E-state index >= 15 is 0 Å². The summed E-state index contributed by atoms with van der Waals surface area (Å²) in [7, 11) is -2.96. The van der Waals surface area contributed by atoms with Gasteiger partial charge in [-0.25, -0.2) is 13.1 Å². The van der Waals surface area contributed by atoms with Crippen LogP contribution in [0.2, 0.25) is 0 Å². The van der Waals surface area contributed by atoms with Crippen molar-refractivity contribution in [2.24, 2.45) is 7.05 Å². The number of sulfonamides is 1. The zero-order valence-corrected chi connectivity index (χ0v) is 15.3. The molecule has 1 N–H and O–H groups in total. The van der Waals surface area contributed by atoms with Gasteiger partial charge in [0.2, 0.25) is 0 Å². The molecule has 0 radical (unpaired) electrons. The summed E-state index contributed by atoms with van der Waals surface area (Å²) in [5.74, 6) is 0. The summed E-state index contributed by atoms with van der Waals surface area (Å²) in [4.78, 5) is 10.5. The highest BCUT2D eigenvalue weighted by Crippen LogP contribution is 2.34. The van der Waals surface area contributed by atoms with E-state index in [1.807, 2.05) is 0 Å². The molecule has 28 heavy (non-hydrogen) atoms. The van der Waals surface area contributed by atoms with Crippen molar-refractivity contribution < 1.29 is 21.6 Å². The number of hydrogen-bond donors (Lipinski definition) is 1. The maximum Gasteiger partial charge on any atom is 0.417 e. The number of hydrogen-bond acceptors (Lipinski definition) is 4. The average molecular weight is 409 g/mol. The molecule has 146 valence electrons. The minimum atomic E-state index is -4.80. The predicted molar refractivity (Wildman–Crippen MR) is 97.2 cm³/mol. The highest BCUT2D eigenvalue weighted by molar-refractivity contribution is 7.92. The topological polar surface area (TPSA) is 81.1 Å². The maximum atomic E-state index is 13.1. The van der Waals surface area contributed by atoms with E-state index in [9.17, 15) is 26.4 Å². The molecule has 2 aromatic carbocycles. The van der Waals surface area contributed by atoms with Crippen LogP contribution in [0, 0.1) is 0 Å². The Morgan fingerprint density at radius 1 is 0.964 bits per heavy atom. The summed E-state index contributed by atoms with van der Waals surface area (Å²) >= 11 is 0. The molecular formula is C18H14F3N3O3S. The van der Waals surface area contributed by atoms with Gasteiger partial charge in [-0.05, 0) is 30.3 Å². The van der Waals surface area contributed by atoms with Crippen LogP contribution in [-0.2, 0) is 23.2 Å². The Morgan fingerprint density at radius 2 is 1.61 bits per heavy atom. The van der Waals surface area contributed by atoms with E-state index in [4.69, 9.17) is 0 Å². The van der Waals surface area contributed by atoms with Gasteiger partial charge in [-0.2, -0.15) is 18.3 Å². The van der Waals surface area contributed by atoms with Crippen molar-refractivity contribution in [3.63, 3.8) is 0 Å². The summed E-state index contributed by atoms with van der Waals surface area (Å²) in [5, 5.41) is 4.07. The molecule has 1 heterocycles. The zero-order valence-electron chi connectivity index (χ0n) is 14.4. The number of nitrogens with one attached hydrogen (secondary N) is 1. The number of rotatable bonds is 4. The van der Waals surface area contributed by atoms with Crippen LogP contribution < -0.4 is 10.3 Å². The van der Waals surface area contributed by atoms with Crippen LogP contribution >= 0.6 is 0 Å². The van der Waals surface area contributed by atoms with Crippen molar-refractivity contribution >= 4 is 15.7 Å². The Bertz CT molecular complexity index is 1170. The van der Waals surface area contributed by atoms with Crippen LogP contribution in [0.15, 0.2) is 70.4 Å². The van der Waals surface area contributed by atoms with Gasteiger partial charge in [0, 0.05) is 24.4 Å². The lowest BCUT2D eigenvalue weighted by atomic mass is 10.1. The van der Waals surface area contributed by atoms with Crippen LogP contribution in [0.3, 0.4) is 0 Å². The van der Waals surface area contributed by atoms with E-state index in [1.165, 1.54) is 37.4 Å². The van der Waals surface area contributed by atoms with Gasteiger partial charge < -0.3 is 0 Å². The van der Waals surface area contributed by atoms with E-state index in [0.29, 0.717) is 17.3 Å². The number of halogens is 3. The first-order chi connectivity index (χ1) is 13.1. The number of aromatic nitrogens is 2. The van der Waals surface area contributed by atoms with E-state index in [2.05, 4.69) is 9.82 Å². The van der Waals surface area contributed by atoms with Crippen molar-refractivity contribution in [1.29, 1.82) is 0 Å². The number of alkyl halides is 3. The summed E-state index contributed by atoms with van der Waals surface area (Å²) in [5.41, 5.74) is -0.344. The molecule has 0 aliphatic rings. The molecule has 6 nitrogen and oxygen atoms in total. The van der Waals surface area contributed by atoms with Crippen LogP contribution in [0.1, 0.15) is 5.56 Å². The molecule has 0 unspecified atom stereocenters. The maximum absolute atomic E-state index is 13.1. The molecule has 0 saturated carbocycles. The monoisotopic (exact) mass is 409 g/mol. The Hall–Kier alpha value is -3.14. The SMILES string of the molecule is Cn1nc(-c2ccc(NS(=O)(=O)c3ccccc3C(F)(F)F)cc2)ccc1=O. The molecule has 0 aliphatic heterocycles. The van der Waals surface area contributed by atoms with Gasteiger partial charge >= 0.3 is 6.18 Å². The van der Waals surface area contributed by atoms with Gasteiger partial charge in [0.25, 0.3) is 15.6 Å². The normalized spacial score (nSPS) is 12.0. The van der Waals surface area contributed by atoms with Crippen molar-refractivity contribution in [2.45, 2.75) is 11.1 Å². The molecular weight excluding hydrogens is 395 g/mol. The molecule has 0 bridgehead atoms. The summed E-state index contributed by atoms with van der Waals surface area (Å²) in [6.07, 6.45) is -4.80. The van der Waals surface area contributed by atoms with Gasteiger partial charge in [0.1, 0.15) is 0 Å². The number of anilines is 1. The fourth-order valence-corrected chi connectivity index (χ4v) is 3.80. The number of benzene rings is 2. The highest BCUT2D eigenvalue weighted by Gasteiger charge is 2.36. The first-order valence-electron chi connectivity index (χ1n) is 7.92. The Labute approximate surface area is 158 Å². The zero-order chi connectivity index (χ0) is 20.5. The summed E-state index contributed by atoms with van der Waals surface area (Å²) in [6.45, 7) is 0. The lowest BCUT2D eigenvalue weighted by Crippen LogP contribution is -2.19. The fraction of sp³-hybridized carbons (Fsp3) is 0.111. The second-order valence-corrected chi connectivity index (χ2v) is 7.51. The largest absolute Gasteiger partial charge is 0.417 e. The quantitative estimate of drug-likeness (QED) is 0.717. The molecule has 0 aliphatic carbocycles. The average Bonchev–Trinajstić information content (AvgIpc) is 2.64. The molecule has 0 amide bonds.